The van der Waals surface area contributed by atoms with E-state index in [1.807, 2.05) is 6.92 Å². The van der Waals surface area contributed by atoms with Gasteiger partial charge in [0.25, 0.3) is 0 Å². The van der Waals surface area contributed by atoms with Gasteiger partial charge in [-0.2, -0.15) is 0 Å². The minimum absolute atomic E-state index is 0.283. The van der Waals surface area contributed by atoms with Crippen molar-refractivity contribution in [1.82, 2.24) is 9.62 Å². The normalized spacial score (nSPS) is 22.5. The summed E-state index contributed by atoms with van der Waals surface area (Å²) in [4.78, 5) is 0. The van der Waals surface area contributed by atoms with E-state index in [0.717, 1.165) is 26.1 Å². The molecule has 102 valence electrons. The highest BCUT2D eigenvalue weighted by molar-refractivity contribution is 7.89. The Morgan fingerprint density at radius 2 is 2.12 bits per heavy atom. The lowest BCUT2D eigenvalue weighted by atomic mass is 9.96. The van der Waals surface area contributed by atoms with Crippen LogP contribution in [0.5, 0.6) is 0 Å². The maximum atomic E-state index is 12.1. The molecule has 1 atom stereocenters. The van der Waals surface area contributed by atoms with E-state index >= 15 is 0 Å². The Kier molecular flexibility index (Phi) is 5.89. The maximum absolute atomic E-state index is 12.1. The summed E-state index contributed by atoms with van der Waals surface area (Å²) in [7, 11) is -3.01. The van der Waals surface area contributed by atoms with Gasteiger partial charge in [-0.25, -0.2) is 12.7 Å². The van der Waals surface area contributed by atoms with Crippen molar-refractivity contribution in [2.45, 2.75) is 33.6 Å². The van der Waals surface area contributed by atoms with Crippen LogP contribution >= 0.6 is 0 Å². The van der Waals surface area contributed by atoms with Gasteiger partial charge >= 0.3 is 0 Å². The molecule has 0 aromatic rings. The third-order valence-electron chi connectivity index (χ3n) is 3.53. The summed E-state index contributed by atoms with van der Waals surface area (Å²) in [6.45, 7) is 9.50. The Morgan fingerprint density at radius 1 is 1.41 bits per heavy atom. The van der Waals surface area contributed by atoms with Crippen molar-refractivity contribution < 1.29 is 8.42 Å². The van der Waals surface area contributed by atoms with Crippen molar-refractivity contribution >= 4 is 10.0 Å². The largest absolute Gasteiger partial charge is 0.317 e. The summed E-state index contributed by atoms with van der Waals surface area (Å²) < 4.78 is 25.8. The standard InChI is InChI=1S/C12H26N2O2S/c1-4-13-7-5-9-17(15,16)14-8-6-12(10-14)11(2)3/h11-13H,4-10H2,1-3H3. The molecule has 0 spiro atoms. The Balaban J connectivity index is 2.38. The van der Waals surface area contributed by atoms with Gasteiger partial charge < -0.3 is 5.32 Å². The summed E-state index contributed by atoms with van der Waals surface area (Å²) >= 11 is 0. The molecule has 1 heterocycles. The molecule has 4 nitrogen and oxygen atoms in total. The van der Waals surface area contributed by atoms with Crippen LogP contribution in [0.3, 0.4) is 0 Å². The Bertz CT molecular complexity index is 314. The van der Waals surface area contributed by atoms with Crippen LogP contribution in [-0.2, 0) is 10.0 Å². The summed E-state index contributed by atoms with van der Waals surface area (Å²) in [6, 6.07) is 0. The van der Waals surface area contributed by atoms with Gasteiger partial charge in [0.2, 0.25) is 10.0 Å². The highest BCUT2D eigenvalue weighted by Gasteiger charge is 2.31. The topological polar surface area (TPSA) is 49.4 Å². The zero-order valence-electron chi connectivity index (χ0n) is 11.3. The third-order valence-corrected chi connectivity index (χ3v) is 5.45. The molecule has 5 heteroatoms. The fourth-order valence-corrected chi connectivity index (χ4v) is 3.81. The Morgan fingerprint density at radius 3 is 2.65 bits per heavy atom. The van der Waals surface area contributed by atoms with Crippen LogP contribution in [0.25, 0.3) is 0 Å². The second-order valence-electron chi connectivity index (χ2n) is 5.17. The van der Waals surface area contributed by atoms with E-state index in [9.17, 15) is 8.42 Å². The third kappa shape index (κ3) is 4.56. The first kappa shape index (κ1) is 14.9. The van der Waals surface area contributed by atoms with Gasteiger partial charge in [-0.05, 0) is 37.8 Å². The smallest absolute Gasteiger partial charge is 0.214 e. The first-order valence-corrected chi connectivity index (χ1v) is 8.26. The molecular formula is C12H26N2O2S. The van der Waals surface area contributed by atoms with Gasteiger partial charge in [-0.3, -0.25) is 0 Å². The molecule has 0 radical (unpaired) electrons. The Labute approximate surface area is 106 Å². The predicted octanol–water partition coefficient (Wildman–Crippen LogP) is 1.29. The molecule has 1 N–H and O–H groups in total. The fraction of sp³-hybridized carbons (Fsp3) is 1.00. The van der Waals surface area contributed by atoms with Gasteiger partial charge in [0.15, 0.2) is 0 Å². The van der Waals surface area contributed by atoms with E-state index in [-0.39, 0.29) is 5.75 Å². The van der Waals surface area contributed by atoms with Gasteiger partial charge in [0.1, 0.15) is 0 Å². The molecule has 0 aliphatic carbocycles. The summed E-state index contributed by atoms with van der Waals surface area (Å²) in [5.41, 5.74) is 0. The van der Waals surface area contributed by atoms with Crippen LogP contribution in [-0.4, -0.2) is 44.7 Å². The van der Waals surface area contributed by atoms with Gasteiger partial charge in [0.05, 0.1) is 5.75 Å². The van der Waals surface area contributed by atoms with Gasteiger partial charge in [0, 0.05) is 13.1 Å². The first-order valence-electron chi connectivity index (χ1n) is 6.66. The van der Waals surface area contributed by atoms with Crippen LogP contribution in [0.15, 0.2) is 0 Å². The second kappa shape index (κ2) is 6.71. The predicted molar refractivity (Wildman–Crippen MR) is 71.5 cm³/mol. The van der Waals surface area contributed by atoms with E-state index in [2.05, 4.69) is 19.2 Å². The van der Waals surface area contributed by atoms with E-state index < -0.39 is 10.0 Å². The van der Waals surface area contributed by atoms with E-state index in [1.54, 1.807) is 4.31 Å². The molecular weight excluding hydrogens is 236 g/mol. The number of sulfonamides is 1. The van der Waals surface area contributed by atoms with Gasteiger partial charge in [-0.1, -0.05) is 20.8 Å². The van der Waals surface area contributed by atoms with Crippen molar-refractivity contribution in [3.8, 4) is 0 Å². The van der Waals surface area contributed by atoms with E-state index in [0.29, 0.717) is 24.8 Å². The number of rotatable bonds is 7. The molecule has 17 heavy (non-hydrogen) atoms. The van der Waals surface area contributed by atoms with Crippen LogP contribution in [0.1, 0.15) is 33.6 Å². The lowest BCUT2D eigenvalue weighted by Gasteiger charge is -2.18. The average molecular weight is 262 g/mol. The number of hydrogen-bond acceptors (Lipinski definition) is 3. The van der Waals surface area contributed by atoms with E-state index in [4.69, 9.17) is 0 Å². The zero-order valence-corrected chi connectivity index (χ0v) is 12.1. The minimum atomic E-state index is -3.01. The molecule has 1 aliphatic heterocycles. The monoisotopic (exact) mass is 262 g/mol. The number of nitrogens with zero attached hydrogens (tertiary/aromatic N) is 1. The summed E-state index contributed by atoms with van der Waals surface area (Å²) in [6.07, 6.45) is 1.73. The van der Waals surface area contributed by atoms with Crippen LogP contribution in [0, 0.1) is 11.8 Å². The highest BCUT2D eigenvalue weighted by Crippen LogP contribution is 2.25. The second-order valence-corrected chi connectivity index (χ2v) is 7.26. The molecule has 0 saturated carbocycles. The van der Waals surface area contributed by atoms with Crippen molar-refractivity contribution in [2.75, 3.05) is 31.9 Å². The fourth-order valence-electron chi connectivity index (χ4n) is 2.24. The molecule has 1 saturated heterocycles. The summed E-state index contributed by atoms with van der Waals surface area (Å²) in [5.74, 6) is 1.40. The first-order chi connectivity index (χ1) is 7.97. The summed E-state index contributed by atoms with van der Waals surface area (Å²) in [5, 5.41) is 3.16. The number of nitrogens with one attached hydrogen (secondary N) is 1. The van der Waals surface area contributed by atoms with Crippen LogP contribution in [0.2, 0.25) is 0 Å². The molecule has 0 aromatic carbocycles. The lowest BCUT2D eigenvalue weighted by molar-refractivity contribution is 0.388. The zero-order chi connectivity index (χ0) is 12.9. The maximum Gasteiger partial charge on any atom is 0.214 e. The molecule has 1 aliphatic rings. The molecule has 0 amide bonds. The molecule has 0 bridgehead atoms. The Hall–Kier alpha value is -0.130. The van der Waals surface area contributed by atoms with Crippen molar-refractivity contribution in [3.05, 3.63) is 0 Å². The lowest BCUT2D eigenvalue weighted by Crippen LogP contribution is -2.32. The van der Waals surface area contributed by atoms with Crippen LogP contribution < -0.4 is 5.32 Å². The molecule has 1 unspecified atom stereocenters. The van der Waals surface area contributed by atoms with Crippen LogP contribution in [0.4, 0.5) is 0 Å². The average Bonchev–Trinajstić information content (AvgIpc) is 2.74. The van der Waals surface area contributed by atoms with E-state index in [1.165, 1.54) is 0 Å². The highest BCUT2D eigenvalue weighted by atomic mass is 32.2. The molecule has 1 fully saturated rings. The SMILES string of the molecule is CCNCCCS(=O)(=O)N1CCC(C(C)C)C1. The molecule has 1 rings (SSSR count). The van der Waals surface area contributed by atoms with Crippen molar-refractivity contribution in [1.29, 1.82) is 0 Å². The van der Waals surface area contributed by atoms with Crippen molar-refractivity contribution in [3.63, 3.8) is 0 Å². The molecule has 0 aromatic heterocycles. The van der Waals surface area contributed by atoms with Crippen molar-refractivity contribution in [2.24, 2.45) is 11.8 Å². The minimum Gasteiger partial charge on any atom is -0.317 e. The number of hydrogen-bond donors (Lipinski definition) is 1. The van der Waals surface area contributed by atoms with Gasteiger partial charge in [-0.15, -0.1) is 0 Å². The quantitative estimate of drug-likeness (QED) is 0.704.